The van der Waals surface area contributed by atoms with Gasteiger partial charge in [-0.1, -0.05) is 30.3 Å². The third-order valence-corrected chi connectivity index (χ3v) is 8.90. The number of carbonyl (C=O) groups is 2. The van der Waals surface area contributed by atoms with E-state index in [0.29, 0.717) is 22.7 Å². The quantitative estimate of drug-likeness (QED) is 0.146. The molecule has 0 radical (unpaired) electrons. The van der Waals surface area contributed by atoms with Crippen LogP contribution in [0.25, 0.3) is 33.3 Å². The summed E-state index contributed by atoms with van der Waals surface area (Å²) in [6.07, 6.45) is -1.12. The summed E-state index contributed by atoms with van der Waals surface area (Å²) >= 11 is 0. The average Bonchev–Trinajstić information content (AvgIpc) is 3.78. The van der Waals surface area contributed by atoms with Crippen molar-refractivity contribution in [1.29, 1.82) is 0 Å². The number of carboxylic acids is 1. The Labute approximate surface area is 281 Å². The minimum absolute atomic E-state index is 0.00622. The first-order valence-corrected chi connectivity index (χ1v) is 16.2. The zero-order valence-corrected chi connectivity index (χ0v) is 27.1. The van der Waals surface area contributed by atoms with Crippen molar-refractivity contribution < 1.29 is 37.3 Å². The molecule has 4 aromatic carbocycles. The van der Waals surface area contributed by atoms with Crippen LogP contribution in [0.1, 0.15) is 66.6 Å². The normalized spacial score (nSPS) is 14.1. The van der Waals surface area contributed by atoms with E-state index in [1.807, 2.05) is 43.3 Å². The molecule has 0 spiro atoms. The number of alkyl halides is 3. The van der Waals surface area contributed by atoms with Gasteiger partial charge in [-0.15, -0.1) is 0 Å². The number of methoxy groups -OCH3 is 1. The van der Waals surface area contributed by atoms with Crippen molar-refractivity contribution in [2.24, 2.45) is 0 Å². The number of aromatic nitrogens is 2. The van der Waals surface area contributed by atoms with Gasteiger partial charge in [-0.25, -0.2) is 0 Å². The van der Waals surface area contributed by atoms with Gasteiger partial charge in [-0.05, 0) is 104 Å². The van der Waals surface area contributed by atoms with Crippen LogP contribution in [0, 0.1) is 0 Å². The molecule has 0 aliphatic heterocycles. The molecule has 1 aromatic heterocycles. The molecule has 2 N–H and O–H groups in total. The highest BCUT2D eigenvalue weighted by molar-refractivity contribution is 5.94. The summed E-state index contributed by atoms with van der Waals surface area (Å²) in [6, 6.07) is 23.5. The maximum Gasteiger partial charge on any atom is 0.416 e. The Kier molecular flexibility index (Phi) is 9.62. The topological polar surface area (TPSA) is 103 Å². The lowest BCUT2D eigenvalue weighted by molar-refractivity contribution is -0.138. The Morgan fingerprint density at radius 1 is 0.959 bits per heavy atom. The Bertz CT molecular complexity index is 1980. The highest BCUT2D eigenvalue weighted by Gasteiger charge is 2.32. The molecule has 0 saturated heterocycles. The predicted molar refractivity (Wildman–Crippen MR) is 180 cm³/mol. The van der Waals surface area contributed by atoms with Crippen molar-refractivity contribution in [2.45, 2.75) is 57.3 Å². The number of rotatable bonds is 11. The number of benzene rings is 4. The van der Waals surface area contributed by atoms with Gasteiger partial charge >= 0.3 is 12.1 Å². The number of nitrogens with one attached hydrogen (secondary N) is 1. The monoisotopic (exact) mass is 671 g/mol. The van der Waals surface area contributed by atoms with Gasteiger partial charge < -0.3 is 19.9 Å². The molecule has 1 atom stereocenters. The van der Waals surface area contributed by atoms with Crippen LogP contribution in [0.15, 0.2) is 84.9 Å². The SMILES string of the molecule is COc1ccc2cc(-c3cc(-c4cc(C(F)(F)F)ccc4OC4CCCC4)nn3[C@@H](C)c3ccc(C(=O)NCCC(=O)O)cc3)ccc2c1. The van der Waals surface area contributed by atoms with E-state index in [4.69, 9.17) is 19.7 Å². The lowest BCUT2D eigenvalue weighted by atomic mass is 10.0. The van der Waals surface area contributed by atoms with Gasteiger partial charge in [0.2, 0.25) is 0 Å². The number of amides is 1. The van der Waals surface area contributed by atoms with Crippen molar-refractivity contribution in [1.82, 2.24) is 15.1 Å². The number of hydrogen-bond acceptors (Lipinski definition) is 5. The van der Waals surface area contributed by atoms with Crippen molar-refractivity contribution in [3.63, 3.8) is 0 Å². The molecule has 1 fully saturated rings. The minimum atomic E-state index is -4.56. The van der Waals surface area contributed by atoms with Crippen LogP contribution in [0.3, 0.4) is 0 Å². The second-order valence-electron chi connectivity index (χ2n) is 12.2. The molecule has 1 aliphatic carbocycles. The van der Waals surface area contributed by atoms with E-state index in [9.17, 15) is 22.8 Å². The predicted octanol–water partition coefficient (Wildman–Crippen LogP) is 8.53. The van der Waals surface area contributed by atoms with Crippen LogP contribution in [0.2, 0.25) is 0 Å². The molecular formula is C38H36F3N3O5. The third-order valence-electron chi connectivity index (χ3n) is 8.90. The number of aliphatic carboxylic acids is 1. The average molecular weight is 672 g/mol. The van der Waals surface area contributed by atoms with Crippen LogP contribution < -0.4 is 14.8 Å². The maximum absolute atomic E-state index is 14.0. The van der Waals surface area contributed by atoms with Crippen molar-refractivity contribution in [3.8, 4) is 34.0 Å². The maximum atomic E-state index is 14.0. The van der Waals surface area contributed by atoms with Crippen LogP contribution in [-0.2, 0) is 11.0 Å². The first-order valence-electron chi connectivity index (χ1n) is 16.2. The Hall–Kier alpha value is -5.32. The summed E-state index contributed by atoms with van der Waals surface area (Å²) in [6.45, 7) is 1.93. The molecule has 1 heterocycles. The number of carboxylic acid groups (broad SMARTS) is 1. The largest absolute Gasteiger partial charge is 0.497 e. The number of ether oxygens (including phenoxy) is 2. The highest BCUT2D eigenvalue weighted by atomic mass is 19.4. The molecular weight excluding hydrogens is 635 g/mol. The molecule has 8 nitrogen and oxygen atoms in total. The van der Waals surface area contributed by atoms with E-state index in [-0.39, 0.29) is 24.6 Å². The molecule has 1 aliphatic rings. The molecule has 11 heteroatoms. The summed E-state index contributed by atoms with van der Waals surface area (Å²) < 4.78 is 55.4. The van der Waals surface area contributed by atoms with E-state index in [2.05, 4.69) is 5.32 Å². The second-order valence-corrected chi connectivity index (χ2v) is 12.2. The molecule has 1 saturated carbocycles. The van der Waals surface area contributed by atoms with Crippen molar-refractivity contribution >= 4 is 22.6 Å². The molecule has 0 bridgehead atoms. The molecule has 49 heavy (non-hydrogen) atoms. The van der Waals surface area contributed by atoms with E-state index >= 15 is 0 Å². The van der Waals surface area contributed by atoms with Crippen LogP contribution in [-0.4, -0.2) is 46.5 Å². The summed E-state index contributed by atoms with van der Waals surface area (Å²) in [5, 5.41) is 18.3. The number of halogens is 3. The fraction of sp³-hybridized carbons (Fsp3) is 0.289. The summed E-state index contributed by atoms with van der Waals surface area (Å²) in [4.78, 5) is 23.4. The number of carbonyl (C=O) groups excluding carboxylic acids is 1. The number of hydrogen-bond donors (Lipinski definition) is 2. The Balaban J connectivity index is 1.43. The lowest BCUT2D eigenvalue weighted by Gasteiger charge is -2.18. The van der Waals surface area contributed by atoms with Crippen molar-refractivity contribution in [3.05, 3.63) is 102 Å². The minimum Gasteiger partial charge on any atom is -0.497 e. The lowest BCUT2D eigenvalue weighted by Crippen LogP contribution is -2.26. The van der Waals surface area contributed by atoms with Crippen molar-refractivity contribution in [2.75, 3.05) is 13.7 Å². The van der Waals surface area contributed by atoms with E-state index in [1.165, 1.54) is 6.07 Å². The molecule has 254 valence electrons. The zero-order chi connectivity index (χ0) is 34.7. The van der Waals surface area contributed by atoms with Gasteiger partial charge in [0, 0.05) is 23.2 Å². The summed E-state index contributed by atoms with van der Waals surface area (Å²) in [7, 11) is 1.61. The third kappa shape index (κ3) is 7.56. The molecule has 5 aromatic rings. The zero-order valence-electron chi connectivity index (χ0n) is 27.1. The second kappa shape index (κ2) is 14.0. The molecule has 0 unspecified atom stereocenters. The van der Waals surface area contributed by atoms with Crippen LogP contribution in [0.5, 0.6) is 11.5 Å². The summed E-state index contributed by atoms with van der Waals surface area (Å²) in [5.74, 6) is -0.325. The summed E-state index contributed by atoms with van der Waals surface area (Å²) in [5.41, 5.74) is 2.46. The van der Waals surface area contributed by atoms with Gasteiger partial charge in [-0.3, -0.25) is 14.3 Å². The molecule has 6 rings (SSSR count). The van der Waals surface area contributed by atoms with Gasteiger partial charge in [-0.2, -0.15) is 18.3 Å². The fourth-order valence-electron chi connectivity index (χ4n) is 6.18. The first-order chi connectivity index (χ1) is 23.5. The highest BCUT2D eigenvalue weighted by Crippen LogP contribution is 2.41. The van der Waals surface area contributed by atoms with Crippen LogP contribution >= 0.6 is 0 Å². The van der Waals surface area contributed by atoms with Gasteiger partial charge in [0.05, 0.1) is 42.6 Å². The van der Waals surface area contributed by atoms with Gasteiger partial charge in [0.1, 0.15) is 11.5 Å². The van der Waals surface area contributed by atoms with E-state index in [1.54, 1.807) is 42.1 Å². The van der Waals surface area contributed by atoms with E-state index in [0.717, 1.165) is 65.5 Å². The van der Waals surface area contributed by atoms with Gasteiger partial charge in [0.25, 0.3) is 5.91 Å². The number of nitrogens with zero attached hydrogens (tertiary/aromatic N) is 2. The number of fused-ring (bicyclic) bond motifs is 1. The Morgan fingerprint density at radius 3 is 2.37 bits per heavy atom. The van der Waals surface area contributed by atoms with Crippen LogP contribution in [0.4, 0.5) is 13.2 Å². The van der Waals surface area contributed by atoms with Gasteiger partial charge in [0.15, 0.2) is 0 Å². The Morgan fingerprint density at radius 2 is 1.67 bits per heavy atom. The molecule has 1 amide bonds. The fourth-order valence-corrected chi connectivity index (χ4v) is 6.18. The van der Waals surface area contributed by atoms with E-state index < -0.39 is 29.7 Å². The standard InChI is InChI=1S/C38H36F3N3O5/c1-23(24-7-9-25(10-8-24)37(47)42-18-17-36(45)46)44-34(28-12-11-27-20-31(48-2)15-13-26(27)19-28)22-33(43-44)32-21-29(38(39,40)41)14-16-35(32)49-30-5-3-4-6-30/h7-16,19-23,30H,3-6,17-18H2,1-2H3,(H,42,47)(H,45,46)/t23-/m0/s1. The smallest absolute Gasteiger partial charge is 0.416 e. The first kappa shape index (κ1) is 33.6.